The molecule has 0 aliphatic heterocycles. The van der Waals surface area contributed by atoms with E-state index in [0.29, 0.717) is 28.4 Å². The molecular weight excluding hydrogens is 376 g/mol. The van der Waals surface area contributed by atoms with Crippen molar-refractivity contribution in [3.05, 3.63) is 59.1 Å². The first kappa shape index (κ1) is 18.6. The maximum absolute atomic E-state index is 13.7. The molecule has 2 aromatic carbocycles. The Bertz CT molecular complexity index is 978. The highest BCUT2D eigenvalue weighted by Gasteiger charge is 2.15. The van der Waals surface area contributed by atoms with E-state index in [1.807, 2.05) is 0 Å². The van der Waals surface area contributed by atoms with Gasteiger partial charge in [0.1, 0.15) is 28.8 Å². The second-order valence-electron chi connectivity index (χ2n) is 5.31. The van der Waals surface area contributed by atoms with Crippen molar-refractivity contribution in [3.63, 3.8) is 0 Å². The van der Waals surface area contributed by atoms with Gasteiger partial charge in [-0.15, -0.1) is 11.3 Å². The minimum atomic E-state index is -0.861. The number of carbonyl (C=O) groups is 1. The zero-order chi connectivity index (χ0) is 19.4. The van der Waals surface area contributed by atoms with Crippen LogP contribution in [-0.4, -0.2) is 25.1 Å². The summed E-state index contributed by atoms with van der Waals surface area (Å²) >= 11 is 1.20. The van der Waals surface area contributed by atoms with Gasteiger partial charge in [0.05, 0.1) is 25.6 Å². The Labute approximate surface area is 157 Å². The number of ether oxygens (including phenoxy) is 2. The number of amides is 1. The van der Waals surface area contributed by atoms with Gasteiger partial charge in [0.15, 0.2) is 5.13 Å². The maximum atomic E-state index is 13.7. The van der Waals surface area contributed by atoms with Crippen molar-refractivity contribution in [2.45, 2.75) is 0 Å². The Morgan fingerprint density at radius 3 is 2.56 bits per heavy atom. The predicted octanol–water partition coefficient (Wildman–Crippen LogP) is 4.43. The van der Waals surface area contributed by atoms with Crippen molar-refractivity contribution in [2.24, 2.45) is 0 Å². The summed E-state index contributed by atoms with van der Waals surface area (Å²) in [5, 5.41) is 7.39. The second kappa shape index (κ2) is 8.00. The van der Waals surface area contributed by atoms with Gasteiger partial charge in [0.25, 0.3) is 5.91 Å². The molecule has 1 heterocycles. The van der Waals surface area contributed by atoms with E-state index in [2.05, 4.69) is 15.6 Å². The van der Waals surface area contributed by atoms with Crippen LogP contribution in [0.2, 0.25) is 0 Å². The highest BCUT2D eigenvalue weighted by atomic mass is 32.1. The van der Waals surface area contributed by atoms with E-state index < -0.39 is 17.5 Å². The Hall–Kier alpha value is -3.20. The van der Waals surface area contributed by atoms with Gasteiger partial charge >= 0.3 is 0 Å². The fourth-order valence-corrected chi connectivity index (χ4v) is 2.93. The van der Waals surface area contributed by atoms with Gasteiger partial charge in [-0.25, -0.2) is 13.8 Å². The molecule has 0 spiro atoms. The molecule has 2 N–H and O–H groups in total. The number of thiazole rings is 1. The standard InChI is InChI=1S/C18H15F2N3O3S/c1-25-11-4-6-14(16(8-11)26-2)22-18-23-15(9-27-18)17(24)21-13-5-3-10(19)7-12(13)20/h3-9H,1-2H3,(H,21,24)(H,22,23). The van der Waals surface area contributed by atoms with Gasteiger partial charge in [0.2, 0.25) is 0 Å². The second-order valence-corrected chi connectivity index (χ2v) is 6.17. The number of hydrogen-bond acceptors (Lipinski definition) is 6. The first-order valence-corrected chi connectivity index (χ1v) is 8.59. The van der Waals surface area contributed by atoms with Crippen molar-refractivity contribution >= 4 is 33.8 Å². The summed E-state index contributed by atoms with van der Waals surface area (Å²) in [6.45, 7) is 0. The zero-order valence-corrected chi connectivity index (χ0v) is 15.2. The summed E-state index contributed by atoms with van der Waals surface area (Å²) in [5.74, 6) is -1.01. The van der Waals surface area contributed by atoms with E-state index in [1.165, 1.54) is 23.8 Å². The van der Waals surface area contributed by atoms with Gasteiger partial charge in [-0.1, -0.05) is 0 Å². The van der Waals surface area contributed by atoms with Crippen LogP contribution >= 0.6 is 11.3 Å². The number of halogens is 2. The van der Waals surface area contributed by atoms with Crippen molar-refractivity contribution in [1.29, 1.82) is 0 Å². The van der Waals surface area contributed by atoms with Crippen LogP contribution in [0.1, 0.15) is 10.5 Å². The molecule has 0 aliphatic carbocycles. The summed E-state index contributed by atoms with van der Waals surface area (Å²) in [6.07, 6.45) is 0. The summed E-state index contributed by atoms with van der Waals surface area (Å²) in [5.41, 5.74) is 0.614. The maximum Gasteiger partial charge on any atom is 0.275 e. The third-order valence-corrected chi connectivity index (χ3v) is 4.32. The minimum absolute atomic E-state index is 0.0960. The highest BCUT2D eigenvalue weighted by molar-refractivity contribution is 7.14. The first-order chi connectivity index (χ1) is 13.0. The topological polar surface area (TPSA) is 72.5 Å². The van der Waals surface area contributed by atoms with Crippen LogP contribution in [0.5, 0.6) is 11.5 Å². The number of nitrogens with one attached hydrogen (secondary N) is 2. The molecule has 0 saturated carbocycles. The van der Waals surface area contributed by atoms with Crippen LogP contribution < -0.4 is 20.1 Å². The predicted molar refractivity (Wildman–Crippen MR) is 99.3 cm³/mol. The zero-order valence-electron chi connectivity index (χ0n) is 14.4. The molecule has 0 aliphatic rings. The molecule has 0 bridgehead atoms. The number of carbonyl (C=O) groups excluding carboxylic acids is 1. The molecule has 3 rings (SSSR count). The Morgan fingerprint density at radius 1 is 1.07 bits per heavy atom. The molecule has 0 atom stereocenters. The van der Waals surface area contributed by atoms with Crippen LogP contribution in [0.4, 0.5) is 25.3 Å². The van der Waals surface area contributed by atoms with Crippen LogP contribution in [0.15, 0.2) is 41.8 Å². The lowest BCUT2D eigenvalue weighted by molar-refractivity contribution is 0.102. The monoisotopic (exact) mass is 391 g/mol. The highest BCUT2D eigenvalue weighted by Crippen LogP contribution is 2.32. The molecule has 0 saturated heterocycles. The molecule has 1 aromatic heterocycles. The molecular formula is C18H15F2N3O3S. The van der Waals surface area contributed by atoms with Crippen molar-refractivity contribution in [1.82, 2.24) is 4.98 Å². The molecule has 140 valence electrons. The third kappa shape index (κ3) is 4.32. The molecule has 0 radical (unpaired) electrons. The van der Waals surface area contributed by atoms with E-state index in [-0.39, 0.29) is 11.4 Å². The average molecular weight is 391 g/mol. The number of aromatic nitrogens is 1. The fourth-order valence-electron chi connectivity index (χ4n) is 2.23. The number of benzene rings is 2. The molecule has 6 nitrogen and oxygen atoms in total. The molecule has 3 aromatic rings. The number of rotatable bonds is 6. The molecule has 27 heavy (non-hydrogen) atoms. The molecule has 0 unspecified atom stereocenters. The summed E-state index contributed by atoms with van der Waals surface area (Å²) < 4.78 is 37.0. The first-order valence-electron chi connectivity index (χ1n) is 7.71. The van der Waals surface area contributed by atoms with Gasteiger partial charge < -0.3 is 20.1 Å². The van der Waals surface area contributed by atoms with Crippen LogP contribution in [0.3, 0.4) is 0 Å². The summed E-state index contributed by atoms with van der Waals surface area (Å²) in [4.78, 5) is 16.4. The summed E-state index contributed by atoms with van der Waals surface area (Å²) in [7, 11) is 3.08. The Morgan fingerprint density at radius 2 is 1.85 bits per heavy atom. The SMILES string of the molecule is COc1ccc(Nc2nc(C(=O)Nc3ccc(F)cc3F)cs2)c(OC)c1. The number of methoxy groups -OCH3 is 2. The van der Waals surface area contributed by atoms with Crippen molar-refractivity contribution < 1.29 is 23.0 Å². The van der Waals surface area contributed by atoms with E-state index in [9.17, 15) is 13.6 Å². The minimum Gasteiger partial charge on any atom is -0.497 e. The van der Waals surface area contributed by atoms with Crippen LogP contribution in [0.25, 0.3) is 0 Å². The lowest BCUT2D eigenvalue weighted by atomic mass is 10.2. The van der Waals surface area contributed by atoms with Crippen LogP contribution in [0, 0.1) is 11.6 Å². The van der Waals surface area contributed by atoms with E-state index in [1.54, 1.807) is 25.3 Å². The van der Waals surface area contributed by atoms with E-state index in [4.69, 9.17) is 9.47 Å². The van der Waals surface area contributed by atoms with Gasteiger partial charge in [-0.05, 0) is 24.3 Å². The van der Waals surface area contributed by atoms with Crippen molar-refractivity contribution in [2.75, 3.05) is 24.9 Å². The smallest absolute Gasteiger partial charge is 0.275 e. The van der Waals surface area contributed by atoms with Crippen LogP contribution in [-0.2, 0) is 0 Å². The number of anilines is 3. The quantitative estimate of drug-likeness (QED) is 0.650. The molecule has 1 amide bonds. The normalized spacial score (nSPS) is 10.4. The lowest BCUT2D eigenvalue weighted by Crippen LogP contribution is -2.13. The van der Waals surface area contributed by atoms with Gasteiger partial charge in [0, 0.05) is 17.5 Å². The molecule has 9 heteroatoms. The third-order valence-electron chi connectivity index (χ3n) is 3.57. The lowest BCUT2D eigenvalue weighted by Gasteiger charge is -2.10. The van der Waals surface area contributed by atoms with E-state index in [0.717, 1.165) is 12.1 Å². The summed E-state index contributed by atoms with van der Waals surface area (Å²) in [6, 6.07) is 8.12. The largest absolute Gasteiger partial charge is 0.497 e. The Kier molecular flexibility index (Phi) is 5.51. The number of nitrogens with zero attached hydrogens (tertiary/aromatic N) is 1. The Balaban J connectivity index is 1.74. The van der Waals surface area contributed by atoms with Crippen molar-refractivity contribution in [3.8, 4) is 11.5 Å². The van der Waals surface area contributed by atoms with Gasteiger partial charge in [-0.3, -0.25) is 4.79 Å². The number of hydrogen-bond donors (Lipinski definition) is 2. The average Bonchev–Trinajstić information content (AvgIpc) is 3.13. The fraction of sp³-hybridized carbons (Fsp3) is 0.111. The van der Waals surface area contributed by atoms with Gasteiger partial charge in [-0.2, -0.15) is 0 Å². The molecule has 0 fully saturated rings. The van der Waals surface area contributed by atoms with E-state index >= 15 is 0 Å².